The summed E-state index contributed by atoms with van der Waals surface area (Å²) in [6.45, 7) is 1.90. The van der Waals surface area contributed by atoms with E-state index < -0.39 is 0 Å². The van der Waals surface area contributed by atoms with Crippen molar-refractivity contribution in [3.63, 3.8) is 0 Å². The summed E-state index contributed by atoms with van der Waals surface area (Å²) in [5, 5.41) is 13.2. The van der Waals surface area contributed by atoms with Gasteiger partial charge in [0.1, 0.15) is 11.8 Å². The Bertz CT molecular complexity index is 582. The molecule has 1 aliphatic carbocycles. The Morgan fingerprint density at radius 3 is 2.84 bits per heavy atom. The van der Waals surface area contributed by atoms with Crippen molar-refractivity contribution < 1.29 is 0 Å². The van der Waals surface area contributed by atoms with Gasteiger partial charge in [-0.1, -0.05) is 0 Å². The lowest BCUT2D eigenvalue weighted by Gasteiger charge is -2.21. The molecule has 0 spiro atoms. The second-order valence-corrected chi connectivity index (χ2v) is 5.71. The van der Waals surface area contributed by atoms with Gasteiger partial charge in [-0.05, 0) is 52.9 Å². The van der Waals surface area contributed by atoms with E-state index in [1.54, 1.807) is 17.5 Å². The molecular weight excluding hydrogens is 254 g/mol. The molecule has 0 aliphatic heterocycles. The number of hydrogen-bond donors (Lipinski definition) is 0. The van der Waals surface area contributed by atoms with Crippen molar-refractivity contribution in [2.45, 2.75) is 32.0 Å². The fraction of sp³-hybridized carbons (Fsp3) is 0.333. The number of hydrogen-bond acceptors (Lipinski definition) is 4. The minimum absolute atomic E-state index is 0.504. The normalized spacial score (nSPS) is 14.5. The highest BCUT2D eigenvalue weighted by atomic mass is 32.1. The minimum Gasteiger partial charge on any atom is -0.292 e. The van der Waals surface area contributed by atoms with Crippen LogP contribution < -0.4 is 0 Å². The molecule has 96 valence electrons. The summed E-state index contributed by atoms with van der Waals surface area (Å²) in [4.78, 5) is 6.52. The Kier molecular flexibility index (Phi) is 3.58. The molecule has 2 heterocycles. The van der Waals surface area contributed by atoms with E-state index in [0.29, 0.717) is 11.7 Å². The van der Waals surface area contributed by atoms with Gasteiger partial charge < -0.3 is 0 Å². The van der Waals surface area contributed by atoms with Gasteiger partial charge in [0, 0.05) is 25.3 Å². The minimum atomic E-state index is 0.504. The average molecular weight is 269 g/mol. The standard InChI is InChI=1S/C15H15N3S/c16-8-14-7-12(3-5-17-14)9-18(15-1-2-15)10-13-4-6-19-11-13/h3-7,11,15H,1-2,9-10H2. The molecule has 0 unspecified atom stereocenters. The molecular formula is C15H15N3S. The first kappa shape index (κ1) is 12.3. The van der Waals surface area contributed by atoms with Crippen molar-refractivity contribution in [2.24, 2.45) is 0 Å². The summed E-state index contributed by atoms with van der Waals surface area (Å²) in [6.07, 6.45) is 4.31. The fourth-order valence-corrected chi connectivity index (χ4v) is 2.90. The Morgan fingerprint density at radius 2 is 2.16 bits per heavy atom. The van der Waals surface area contributed by atoms with Gasteiger partial charge in [-0.15, -0.1) is 0 Å². The summed E-state index contributed by atoms with van der Waals surface area (Å²) in [7, 11) is 0. The molecule has 0 saturated heterocycles. The monoisotopic (exact) mass is 269 g/mol. The first-order valence-electron chi connectivity index (χ1n) is 6.45. The number of rotatable bonds is 5. The number of nitrogens with zero attached hydrogens (tertiary/aromatic N) is 3. The predicted octanol–water partition coefficient (Wildman–Crippen LogP) is 3.18. The number of aromatic nitrogens is 1. The van der Waals surface area contributed by atoms with Gasteiger partial charge in [0.25, 0.3) is 0 Å². The topological polar surface area (TPSA) is 39.9 Å². The van der Waals surface area contributed by atoms with Crippen LogP contribution in [-0.2, 0) is 13.1 Å². The van der Waals surface area contributed by atoms with Gasteiger partial charge in [0.2, 0.25) is 0 Å². The third-order valence-corrected chi connectivity index (χ3v) is 4.09. The van der Waals surface area contributed by atoms with E-state index in [-0.39, 0.29) is 0 Å². The van der Waals surface area contributed by atoms with Crippen molar-refractivity contribution in [1.29, 1.82) is 5.26 Å². The molecule has 3 rings (SSSR count). The Balaban J connectivity index is 1.72. The van der Waals surface area contributed by atoms with Gasteiger partial charge in [0.15, 0.2) is 0 Å². The quantitative estimate of drug-likeness (QED) is 0.837. The number of pyridine rings is 1. The van der Waals surface area contributed by atoms with E-state index in [4.69, 9.17) is 5.26 Å². The summed E-state index contributed by atoms with van der Waals surface area (Å²) in [5.41, 5.74) is 3.06. The van der Waals surface area contributed by atoms with Gasteiger partial charge in [0.05, 0.1) is 0 Å². The second-order valence-electron chi connectivity index (χ2n) is 4.93. The molecule has 0 N–H and O–H groups in total. The third kappa shape index (κ3) is 3.19. The first-order valence-corrected chi connectivity index (χ1v) is 7.39. The average Bonchev–Trinajstić information content (AvgIpc) is 3.17. The summed E-state index contributed by atoms with van der Waals surface area (Å²) >= 11 is 1.75. The largest absolute Gasteiger partial charge is 0.292 e. The second kappa shape index (κ2) is 5.52. The van der Waals surface area contributed by atoms with Crippen LogP contribution in [0.5, 0.6) is 0 Å². The van der Waals surface area contributed by atoms with Gasteiger partial charge in [-0.2, -0.15) is 16.6 Å². The highest BCUT2D eigenvalue weighted by Gasteiger charge is 2.29. The van der Waals surface area contributed by atoms with Crippen LogP contribution in [0.3, 0.4) is 0 Å². The van der Waals surface area contributed by atoms with Crippen molar-refractivity contribution >= 4 is 11.3 Å². The summed E-state index contributed by atoms with van der Waals surface area (Å²) < 4.78 is 0. The highest BCUT2D eigenvalue weighted by molar-refractivity contribution is 7.07. The summed E-state index contributed by atoms with van der Waals surface area (Å²) in [5.74, 6) is 0. The molecule has 19 heavy (non-hydrogen) atoms. The van der Waals surface area contributed by atoms with Crippen LogP contribution in [0.1, 0.15) is 29.7 Å². The molecule has 3 nitrogen and oxygen atoms in total. The van der Waals surface area contributed by atoms with Crippen LogP contribution in [0.2, 0.25) is 0 Å². The maximum atomic E-state index is 8.90. The van der Waals surface area contributed by atoms with Gasteiger partial charge >= 0.3 is 0 Å². The van der Waals surface area contributed by atoms with E-state index in [1.807, 2.05) is 12.1 Å². The van der Waals surface area contributed by atoms with Crippen molar-refractivity contribution in [1.82, 2.24) is 9.88 Å². The lowest BCUT2D eigenvalue weighted by molar-refractivity contribution is 0.246. The van der Waals surface area contributed by atoms with E-state index in [9.17, 15) is 0 Å². The lowest BCUT2D eigenvalue weighted by atomic mass is 10.2. The highest BCUT2D eigenvalue weighted by Crippen LogP contribution is 2.30. The Labute approximate surface area is 117 Å². The molecule has 0 amide bonds. The van der Waals surface area contributed by atoms with Crippen molar-refractivity contribution in [3.05, 3.63) is 52.0 Å². The van der Waals surface area contributed by atoms with Gasteiger partial charge in [-0.25, -0.2) is 4.98 Å². The zero-order valence-electron chi connectivity index (χ0n) is 10.6. The predicted molar refractivity (Wildman–Crippen MR) is 75.5 cm³/mol. The van der Waals surface area contributed by atoms with Crippen LogP contribution in [0.25, 0.3) is 0 Å². The zero-order chi connectivity index (χ0) is 13.1. The molecule has 0 bridgehead atoms. The maximum Gasteiger partial charge on any atom is 0.140 e. The van der Waals surface area contributed by atoms with Crippen LogP contribution in [0.4, 0.5) is 0 Å². The van der Waals surface area contributed by atoms with E-state index in [0.717, 1.165) is 13.1 Å². The molecule has 2 aromatic rings. The number of nitriles is 1. The molecule has 1 fully saturated rings. The van der Waals surface area contributed by atoms with E-state index in [1.165, 1.54) is 24.0 Å². The van der Waals surface area contributed by atoms with Gasteiger partial charge in [-0.3, -0.25) is 4.90 Å². The maximum absolute atomic E-state index is 8.90. The van der Waals surface area contributed by atoms with E-state index in [2.05, 4.69) is 32.8 Å². The Morgan fingerprint density at radius 1 is 1.32 bits per heavy atom. The Hall–Kier alpha value is -1.70. The molecule has 4 heteroatoms. The SMILES string of the molecule is N#Cc1cc(CN(Cc2ccsc2)C2CC2)ccn1. The molecule has 0 radical (unpaired) electrons. The van der Waals surface area contributed by atoms with E-state index >= 15 is 0 Å². The zero-order valence-corrected chi connectivity index (χ0v) is 11.4. The van der Waals surface area contributed by atoms with Crippen molar-refractivity contribution in [2.75, 3.05) is 0 Å². The lowest BCUT2D eigenvalue weighted by Crippen LogP contribution is -2.24. The van der Waals surface area contributed by atoms with Crippen LogP contribution in [-0.4, -0.2) is 15.9 Å². The first-order chi connectivity index (χ1) is 9.35. The molecule has 0 aromatic carbocycles. The molecule has 2 aromatic heterocycles. The fourth-order valence-electron chi connectivity index (χ4n) is 2.24. The third-order valence-electron chi connectivity index (χ3n) is 3.35. The van der Waals surface area contributed by atoms with Crippen LogP contribution in [0.15, 0.2) is 35.2 Å². The summed E-state index contributed by atoms with van der Waals surface area (Å²) in [6, 6.07) is 8.89. The molecule has 0 atom stereocenters. The smallest absolute Gasteiger partial charge is 0.140 e. The number of thiophene rings is 1. The molecule has 1 aliphatic rings. The molecule has 1 saturated carbocycles. The van der Waals surface area contributed by atoms with Crippen molar-refractivity contribution in [3.8, 4) is 6.07 Å². The van der Waals surface area contributed by atoms with Crippen LogP contribution >= 0.6 is 11.3 Å². The van der Waals surface area contributed by atoms with Crippen LogP contribution in [0, 0.1) is 11.3 Å².